The molecule has 0 bridgehead atoms. The van der Waals surface area contributed by atoms with Crippen LogP contribution >= 0.6 is 11.8 Å². The number of aromatic amines is 1. The largest absolute Gasteiger partial charge is 0.497 e. The third-order valence-electron chi connectivity index (χ3n) is 6.83. The molecular formula is C23H30N4O3S. The predicted molar refractivity (Wildman–Crippen MR) is 123 cm³/mol. The number of thioether (sulfide) groups is 1. The number of fused-ring (bicyclic) bond motifs is 4. The number of ether oxygens (including phenoxy) is 1. The number of rotatable bonds is 7. The van der Waals surface area contributed by atoms with Gasteiger partial charge in [0.1, 0.15) is 5.75 Å². The highest BCUT2D eigenvalue weighted by atomic mass is 32.2. The fraction of sp³-hybridized carbons (Fsp3) is 0.565. The minimum Gasteiger partial charge on any atom is -0.497 e. The predicted octanol–water partition coefficient (Wildman–Crippen LogP) is 3.40. The Bertz CT molecular complexity index is 991. The van der Waals surface area contributed by atoms with Gasteiger partial charge in [0.15, 0.2) is 0 Å². The number of aryl methyl sites for hydroxylation is 1. The number of benzene rings is 1. The Kier molecular flexibility index (Phi) is 5.73. The molecule has 2 aliphatic heterocycles. The Morgan fingerprint density at radius 1 is 1.29 bits per heavy atom. The van der Waals surface area contributed by atoms with Crippen LogP contribution in [-0.4, -0.2) is 47.1 Å². The second kappa shape index (κ2) is 8.65. The zero-order valence-electron chi connectivity index (χ0n) is 17.8. The molecule has 5 rings (SSSR count). The van der Waals surface area contributed by atoms with Crippen molar-refractivity contribution < 1.29 is 14.3 Å². The van der Waals surface area contributed by atoms with Gasteiger partial charge in [0.05, 0.1) is 25.2 Å². The maximum atomic E-state index is 12.6. The molecule has 0 saturated carbocycles. The first-order valence-corrected chi connectivity index (χ1v) is 12.3. The average molecular weight is 443 g/mol. The second-order valence-electron chi connectivity index (χ2n) is 8.81. The van der Waals surface area contributed by atoms with Gasteiger partial charge in [0.25, 0.3) is 0 Å². The van der Waals surface area contributed by atoms with Gasteiger partial charge < -0.3 is 25.7 Å². The summed E-state index contributed by atoms with van der Waals surface area (Å²) in [6.45, 7) is 0. The second-order valence-corrected chi connectivity index (χ2v) is 10.1. The van der Waals surface area contributed by atoms with Crippen molar-refractivity contribution in [3.05, 3.63) is 29.5 Å². The maximum absolute atomic E-state index is 12.6. The summed E-state index contributed by atoms with van der Waals surface area (Å²) in [6.07, 6.45) is 6.55. The smallest absolute Gasteiger partial charge is 0.315 e. The Labute approximate surface area is 186 Å². The Balaban J connectivity index is 1.13. The van der Waals surface area contributed by atoms with E-state index in [2.05, 4.69) is 33.1 Å². The van der Waals surface area contributed by atoms with E-state index in [1.165, 1.54) is 10.9 Å². The fourth-order valence-electron chi connectivity index (χ4n) is 5.25. The molecule has 1 aliphatic carbocycles. The van der Waals surface area contributed by atoms with Gasteiger partial charge in [0.2, 0.25) is 5.91 Å². The summed E-state index contributed by atoms with van der Waals surface area (Å²) in [6, 6.07) is 6.63. The molecule has 0 spiro atoms. The highest BCUT2D eigenvalue weighted by Gasteiger charge is 2.42. The zero-order chi connectivity index (χ0) is 21.4. The SMILES string of the molecule is COc1ccc2[nH]c3c(c2c1)CCCC3NC(=O)CCCCC1SC[C@@H]2NC(=O)N[C@H]12. The first-order valence-electron chi connectivity index (χ1n) is 11.3. The van der Waals surface area contributed by atoms with Crippen LogP contribution in [0.15, 0.2) is 18.2 Å². The van der Waals surface area contributed by atoms with Gasteiger partial charge >= 0.3 is 6.03 Å². The molecule has 166 valence electrons. The van der Waals surface area contributed by atoms with Gasteiger partial charge in [-0.15, -0.1) is 0 Å². The Hall–Kier alpha value is -2.35. The number of aromatic nitrogens is 1. The van der Waals surface area contributed by atoms with E-state index in [0.717, 1.165) is 61.2 Å². The van der Waals surface area contributed by atoms with E-state index in [4.69, 9.17) is 4.74 Å². The van der Waals surface area contributed by atoms with Crippen molar-refractivity contribution in [3.8, 4) is 5.75 Å². The maximum Gasteiger partial charge on any atom is 0.315 e. The lowest BCUT2D eigenvalue weighted by molar-refractivity contribution is -0.122. The number of unbranched alkanes of at least 4 members (excludes halogenated alkanes) is 1. The Morgan fingerprint density at radius 3 is 3.06 bits per heavy atom. The molecule has 3 heterocycles. The van der Waals surface area contributed by atoms with E-state index in [0.29, 0.717) is 11.7 Å². The lowest BCUT2D eigenvalue weighted by Gasteiger charge is -2.24. The molecule has 7 nitrogen and oxygen atoms in total. The first kappa shape index (κ1) is 20.5. The number of methoxy groups -OCH3 is 1. The van der Waals surface area contributed by atoms with E-state index < -0.39 is 0 Å². The van der Waals surface area contributed by atoms with Crippen molar-refractivity contribution >= 4 is 34.6 Å². The van der Waals surface area contributed by atoms with Crippen LogP contribution in [0, 0.1) is 0 Å². The highest BCUT2D eigenvalue weighted by molar-refractivity contribution is 8.00. The van der Waals surface area contributed by atoms with Crippen LogP contribution < -0.4 is 20.7 Å². The summed E-state index contributed by atoms with van der Waals surface area (Å²) in [5.41, 5.74) is 3.57. The molecule has 1 aromatic heterocycles. The van der Waals surface area contributed by atoms with Gasteiger partial charge in [0, 0.05) is 34.0 Å². The summed E-state index contributed by atoms with van der Waals surface area (Å²) >= 11 is 1.93. The van der Waals surface area contributed by atoms with Gasteiger partial charge in [-0.3, -0.25) is 4.79 Å². The van der Waals surface area contributed by atoms with Crippen LogP contribution in [0.1, 0.15) is 55.8 Å². The van der Waals surface area contributed by atoms with Gasteiger partial charge in [-0.1, -0.05) is 6.42 Å². The molecule has 31 heavy (non-hydrogen) atoms. The quantitative estimate of drug-likeness (QED) is 0.390. The van der Waals surface area contributed by atoms with Crippen molar-refractivity contribution in [2.75, 3.05) is 12.9 Å². The van der Waals surface area contributed by atoms with Crippen LogP contribution in [-0.2, 0) is 11.2 Å². The summed E-state index contributed by atoms with van der Waals surface area (Å²) in [4.78, 5) is 27.7. The molecule has 1 aromatic carbocycles. The molecule has 4 atom stereocenters. The molecule has 2 fully saturated rings. The van der Waals surface area contributed by atoms with Crippen LogP contribution in [0.25, 0.3) is 10.9 Å². The van der Waals surface area contributed by atoms with Gasteiger partial charge in [-0.05, 0) is 55.9 Å². The number of carbonyl (C=O) groups is 2. The summed E-state index contributed by atoms with van der Waals surface area (Å²) in [5.74, 6) is 1.97. The van der Waals surface area contributed by atoms with Gasteiger partial charge in [-0.25, -0.2) is 4.79 Å². The molecule has 8 heteroatoms. The third-order valence-corrected chi connectivity index (χ3v) is 8.34. The number of amides is 3. The fourth-order valence-corrected chi connectivity index (χ4v) is 6.80. The van der Waals surface area contributed by atoms with E-state index in [-0.39, 0.29) is 30.1 Å². The minimum atomic E-state index is -0.0399. The summed E-state index contributed by atoms with van der Waals surface area (Å²) < 4.78 is 5.38. The van der Waals surface area contributed by atoms with Gasteiger partial charge in [-0.2, -0.15) is 11.8 Å². The number of urea groups is 1. The molecule has 3 aliphatic rings. The van der Waals surface area contributed by atoms with E-state index in [1.807, 2.05) is 17.8 Å². The number of hydrogen-bond acceptors (Lipinski definition) is 4. The number of carbonyl (C=O) groups excluding carboxylic acids is 2. The minimum absolute atomic E-state index is 0.0399. The van der Waals surface area contributed by atoms with Crippen LogP contribution in [0.4, 0.5) is 4.79 Å². The molecule has 3 amide bonds. The van der Waals surface area contributed by atoms with Crippen molar-refractivity contribution in [3.63, 3.8) is 0 Å². The lowest BCUT2D eigenvalue weighted by atomic mass is 9.91. The molecular weight excluding hydrogens is 412 g/mol. The molecule has 2 saturated heterocycles. The van der Waals surface area contributed by atoms with Crippen molar-refractivity contribution in [2.45, 2.75) is 68.3 Å². The van der Waals surface area contributed by atoms with E-state index >= 15 is 0 Å². The molecule has 4 N–H and O–H groups in total. The van der Waals surface area contributed by atoms with Crippen molar-refractivity contribution in [1.82, 2.24) is 20.9 Å². The lowest BCUT2D eigenvalue weighted by Crippen LogP contribution is -2.36. The zero-order valence-corrected chi connectivity index (χ0v) is 18.6. The van der Waals surface area contributed by atoms with E-state index in [9.17, 15) is 9.59 Å². The molecule has 2 aromatic rings. The summed E-state index contributed by atoms with van der Waals surface area (Å²) in [5, 5.41) is 10.9. The van der Waals surface area contributed by atoms with Crippen molar-refractivity contribution in [2.24, 2.45) is 0 Å². The standard InChI is InChI=1S/C23H30N4O3S/c1-30-13-9-10-16-15(11-13)14-5-4-6-17(21(14)25-16)24-20(28)8-3-2-7-19-22-18(12-31-19)26-23(29)27-22/h9-11,17-19,22,25H,2-8,12H2,1H3,(H,24,28)(H2,26,27,29)/t17?,18-,19?,22-/m0/s1. The number of hydrogen-bond donors (Lipinski definition) is 4. The monoisotopic (exact) mass is 442 g/mol. The van der Waals surface area contributed by atoms with Crippen LogP contribution in [0.3, 0.4) is 0 Å². The van der Waals surface area contributed by atoms with Crippen molar-refractivity contribution in [1.29, 1.82) is 0 Å². The topological polar surface area (TPSA) is 95.2 Å². The van der Waals surface area contributed by atoms with Crippen LogP contribution in [0.2, 0.25) is 0 Å². The summed E-state index contributed by atoms with van der Waals surface area (Å²) in [7, 11) is 1.69. The molecule has 0 radical (unpaired) electrons. The Morgan fingerprint density at radius 2 is 2.19 bits per heavy atom. The number of nitrogens with one attached hydrogen (secondary N) is 4. The van der Waals surface area contributed by atoms with E-state index in [1.54, 1.807) is 7.11 Å². The number of H-pyrrole nitrogens is 1. The third kappa shape index (κ3) is 4.10. The molecule has 2 unspecified atom stereocenters. The average Bonchev–Trinajstić information content (AvgIpc) is 3.43. The van der Waals surface area contributed by atoms with Crippen LogP contribution in [0.5, 0.6) is 5.75 Å². The normalized spacial score (nSPS) is 26.8. The highest BCUT2D eigenvalue weighted by Crippen LogP contribution is 2.36. The first-order chi connectivity index (χ1) is 15.1.